The van der Waals surface area contributed by atoms with Crippen molar-refractivity contribution in [1.82, 2.24) is 4.89 Å². The second-order valence-corrected chi connectivity index (χ2v) is 5.01. The summed E-state index contributed by atoms with van der Waals surface area (Å²) in [7, 11) is -4.27. The molecular weight excluding hydrogens is 278 g/mol. The molecule has 102 valence electrons. The number of nitrogens with one attached hydrogen (secondary N) is 1. The van der Waals surface area contributed by atoms with E-state index in [0.29, 0.717) is 0 Å². The lowest BCUT2D eigenvalue weighted by atomic mass is 10.2. The van der Waals surface area contributed by atoms with E-state index in [2.05, 4.69) is 4.84 Å². The highest BCUT2D eigenvalue weighted by molar-refractivity contribution is 7.89. The predicted molar refractivity (Wildman–Crippen MR) is 53.5 cm³/mol. The van der Waals surface area contributed by atoms with E-state index in [4.69, 9.17) is 0 Å². The summed E-state index contributed by atoms with van der Waals surface area (Å²) in [5, 5.41) is 0. The maximum atomic E-state index is 12.7. The summed E-state index contributed by atoms with van der Waals surface area (Å²) in [6, 6.07) is 2.76. The van der Waals surface area contributed by atoms with Gasteiger partial charge in [0.05, 0.1) is 4.90 Å². The van der Waals surface area contributed by atoms with Crippen LogP contribution in [0.15, 0.2) is 23.1 Å². The zero-order valence-corrected chi connectivity index (χ0v) is 9.90. The van der Waals surface area contributed by atoms with Crippen LogP contribution >= 0.6 is 0 Å². The molecular formula is C9H9F4NO3S. The standard InChI is InChI=1S/C9H9F4NO3S/c1-6-4-7(10)2-3-8(6)18(15,16)14-17-5-9(11,12)13/h2-4,14H,5H2,1H3. The van der Waals surface area contributed by atoms with E-state index >= 15 is 0 Å². The highest BCUT2D eigenvalue weighted by Crippen LogP contribution is 2.17. The van der Waals surface area contributed by atoms with Crippen LogP contribution in [-0.2, 0) is 14.9 Å². The monoisotopic (exact) mass is 287 g/mol. The van der Waals surface area contributed by atoms with Crippen molar-refractivity contribution >= 4 is 10.0 Å². The van der Waals surface area contributed by atoms with Crippen molar-refractivity contribution in [3.8, 4) is 0 Å². The molecule has 1 aromatic carbocycles. The number of hydrogen-bond acceptors (Lipinski definition) is 3. The van der Waals surface area contributed by atoms with Gasteiger partial charge in [-0.1, -0.05) is 4.89 Å². The van der Waals surface area contributed by atoms with Gasteiger partial charge in [-0.05, 0) is 30.7 Å². The first kappa shape index (κ1) is 14.9. The fraction of sp³-hybridized carbons (Fsp3) is 0.333. The molecule has 0 aliphatic heterocycles. The summed E-state index contributed by atoms with van der Waals surface area (Å²) >= 11 is 0. The fourth-order valence-corrected chi connectivity index (χ4v) is 2.18. The zero-order valence-electron chi connectivity index (χ0n) is 9.08. The molecule has 18 heavy (non-hydrogen) atoms. The number of aryl methyl sites for hydroxylation is 1. The van der Waals surface area contributed by atoms with Gasteiger partial charge < -0.3 is 0 Å². The second-order valence-electron chi connectivity index (χ2n) is 3.40. The lowest BCUT2D eigenvalue weighted by Crippen LogP contribution is -2.30. The van der Waals surface area contributed by atoms with Crippen molar-refractivity contribution in [2.24, 2.45) is 0 Å². The average molecular weight is 287 g/mol. The van der Waals surface area contributed by atoms with Crippen LogP contribution in [0.1, 0.15) is 5.56 Å². The molecule has 0 saturated heterocycles. The molecule has 1 rings (SSSR count). The first-order valence-corrected chi connectivity index (χ1v) is 6.07. The molecule has 1 aromatic rings. The average Bonchev–Trinajstić information content (AvgIpc) is 2.13. The molecule has 9 heteroatoms. The van der Waals surface area contributed by atoms with Gasteiger partial charge >= 0.3 is 6.18 Å². The Bertz CT molecular complexity index is 527. The number of benzene rings is 1. The Hall–Kier alpha value is -1.19. The Morgan fingerprint density at radius 1 is 1.33 bits per heavy atom. The van der Waals surface area contributed by atoms with E-state index in [0.717, 1.165) is 18.2 Å². The molecule has 0 fully saturated rings. The van der Waals surface area contributed by atoms with Crippen LogP contribution in [-0.4, -0.2) is 21.2 Å². The van der Waals surface area contributed by atoms with E-state index in [9.17, 15) is 26.0 Å². The van der Waals surface area contributed by atoms with Crippen molar-refractivity contribution < 1.29 is 30.8 Å². The lowest BCUT2D eigenvalue weighted by molar-refractivity contribution is -0.181. The maximum Gasteiger partial charge on any atom is 0.413 e. The Balaban J connectivity index is 2.81. The van der Waals surface area contributed by atoms with Gasteiger partial charge in [-0.25, -0.2) is 12.8 Å². The Kier molecular flexibility index (Phi) is 4.30. The molecule has 0 spiro atoms. The third-order valence-corrected chi connectivity index (χ3v) is 3.21. The van der Waals surface area contributed by atoms with E-state index in [-0.39, 0.29) is 10.5 Å². The molecule has 0 radical (unpaired) electrons. The molecule has 0 aliphatic rings. The van der Waals surface area contributed by atoms with Crippen molar-refractivity contribution in [3.05, 3.63) is 29.6 Å². The van der Waals surface area contributed by atoms with Gasteiger partial charge in [0.15, 0.2) is 6.61 Å². The smallest absolute Gasteiger partial charge is 0.277 e. The van der Waals surface area contributed by atoms with Crippen molar-refractivity contribution in [2.45, 2.75) is 18.0 Å². The van der Waals surface area contributed by atoms with Gasteiger partial charge in [-0.3, -0.25) is 4.84 Å². The van der Waals surface area contributed by atoms with Gasteiger partial charge in [0.25, 0.3) is 10.0 Å². The molecule has 0 aromatic heterocycles. The van der Waals surface area contributed by atoms with Crippen molar-refractivity contribution in [1.29, 1.82) is 0 Å². The number of hydrogen-bond donors (Lipinski definition) is 1. The largest absolute Gasteiger partial charge is 0.413 e. The Morgan fingerprint density at radius 3 is 2.44 bits per heavy atom. The first-order chi connectivity index (χ1) is 8.12. The molecule has 0 heterocycles. The highest BCUT2D eigenvalue weighted by atomic mass is 32.2. The van der Waals surface area contributed by atoms with E-state index in [1.807, 2.05) is 0 Å². The van der Waals surface area contributed by atoms with Crippen LogP contribution in [0.25, 0.3) is 0 Å². The molecule has 0 aliphatic carbocycles. The van der Waals surface area contributed by atoms with Crippen LogP contribution in [0, 0.1) is 12.7 Å². The fourth-order valence-electron chi connectivity index (χ4n) is 1.15. The highest BCUT2D eigenvalue weighted by Gasteiger charge is 2.29. The number of halogens is 4. The summed E-state index contributed by atoms with van der Waals surface area (Å²) < 4.78 is 71.1. The summed E-state index contributed by atoms with van der Waals surface area (Å²) in [6.07, 6.45) is -4.65. The summed E-state index contributed by atoms with van der Waals surface area (Å²) in [6.45, 7) is -0.451. The normalized spacial score (nSPS) is 12.7. The molecule has 0 bridgehead atoms. The Labute approximate surface area is 101 Å². The lowest BCUT2D eigenvalue weighted by Gasteiger charge is -2.10. The molecule has 0 atom stereocenters. The quantitative estimate of drug-likeness (QED) is 0.680. The SMILES string of the molecule is Cc1cc(F)ccc1S(=O)(=O)NOCC(F)(F)F. The third kappa shape index (κ3) is 4.24. The topological polar surface area (TPSA) is 55.4 Å². The van der Waals surface area contributed by atoms with Crippen LogP contribution in [0.3, 0.4) is 0 Å². The summed E-state index contributed by atoms with van der Waals surface area (Å²) in [5.41, 5.74) is 0.0538. The van der Waals surface area contributed by atoms with Gasteiger partial charge in [0.1, 0.15) is 5.82 Å². The molecule has 0 amide bonds. The molecule has 4 nitrogen and oxygen atoms in total. The molecule has 0 saturated carbocycles. The van der Waals surface area contributed by atoms with E-state index < -0.39 is 28.6 Å². The first-order valence-electron chi connectivity index (χ1n) is 4.58. The predicted octanol–water partition coefficient (Wildman–Crippen LogP) is 1.91. The number of rotatable bonds is 4. The van der Waals surface area contributed by atoms with Crippen LogP contribution in [0.2, 0.25) is 0 Å². The van der Waals surface area contributed by atoms with Gasteiger partial charge in [-0.2, -0.15) is 13.2 Å². The maximum absolute atomic E-state index is 12.7. The van der Waals surface area contributed by atoms with Crippen LogP contribution in [0.4, 0.5) is 17.6 Å². The number of alkyl halides is 3. The number of sulfonamides is 1. The second kappa shape index (κ2) is 5.21. The summed E-state index contributed by atoms with van der Waals surface area (Å²) in [4.78, 5) is 4.81. The van der Waals surface area contributed by atoms with Crippen LogP contribution < -0.4 is 4.89 Å². The minimum atomic E-state index is -4.65. The molecule has 0 unspecified atom stereocenters. The zero-order chi connectivity index (χ0) is 14.0. The van der Waals surface area contributed by atoms with Gasteiger partial charge in [0, 0.05) is 0 Å². The summed E-state index contributed by atoms with van der Waals surface area (Å²) in [5.74, 6) is -0.650. The van der Waals surface area contributed by atoms with E-state index in [1.54, 1.807) is 0 Å². The van der Waals surface area contributed by atoms with Gasteiger partial charge in [-0.15, -0.1) is 0 Å². The molecule has 1 N–H and O–H groups in total. The van der Waals surface area contributed by atoms with Crippen molar-refractivity contribution in [2.75, 3.05) is 6.61 Å². The minimum absolute atomic E-state index is 0.0538. The van der Waals surface area contributed by atoms with Gasteiger partial charge in [0.2, 0.25) is 0 Å². The van der Waals surface area contributed by atoms with E-state index in [1.165, 1.54) is 11.8 Å². The Morgan fingerprint density at radius 2 is 1.94 bits per heavy atom. The van der Waals surface area contributed by atoms with Crippen molar-refractivity contribution in [3.63, 3.8) is 0 Å². The third-order valence-electron chi connectivity index (χ3n) is 1.83. The van der Waals surface area contributed by atoms with Crippen LogP contribution in [0.5, 0.6) is 0 Å². The minimum Gasteiger partial charge on any atom is -0.277 e.